The lowest BCUT2D eigenvalue weighted by molar-refractivity contribution is -0.385. The van der Waals surface area contributed by atoms with Crippen molar-refractivity contribution >= 4 is 34.1 Å². The zero-order chi connectivity index (χ0) is 11.6. The molecule has 0 saturated carbocycles. The Morgan fingerprint density at radius 3 is 2.60 bits per heavy atom. The lowest BCUT2D eigenvalue weighted by Crippen LogP contribution is -2.03. The zero-order valence-corrected chi connectivity index (χ0v) is 9.81. The molecule has 0 atom stereocenters. The molecule has 0 aliphatic heterocycles. The minimum absolute atomic E-state index is 0.118. The number of nitrogens with zero attached hydrogens (tertiary/aromatic N) is 2. The highest BCUT2D eigenvalue weighted by Gasteiger charge is 2.21. The van der Waals surface area contributed by atoms with Crippen LogP contribution in [0.5, 0.6) is 0 Å². The number of nitro groups is 1. The zero-order valence-electron chi connectivity index (χ0n) is 7.65. The summed E-state index contributed by atoms with van der Waals surface area (Å²) < 4.78 is 0.212. The number of hydrogen-bond acceptors (Lipinski definition) is 4. The standard InChI is InChI=1S/C9H5IN2O3/c1-5(13)8-6(4-11)2-3-7(9(8)10)12(14)15/h2-3H,1H3. The van der Waals surface area contributed by atoms with E-state index in [1.165, 1.54) is 19.1 Å². The molecule has 0 aliphatic rings. The number of halogens is 1. The quantitative estimate of drug-likeness (QED) is 0.363. The van der Waals surface area contributed by atoms with Gasteiger partial charge in [-0.05, 0) is 35.6 Å². The van der Waals surface area contributed by atoms with Crippen molar-refractivity contribution in [1.29, 1.82) is 5.26 Å². The molecule has 15 heavy (non-hydrogen) atoms. The molecule has 0 aliphatic carbocycles. The second-order valence-corrected chi connectivity index (χ2v) is 3.83. The van der Waals surface area contributed by atoms with Crippen LogP contribution < -0.4 is 0 Å². The molecule has 1 aromatic rings. The molecule has 76 valence electrons. The van der Waals surface area contributed by atoms with Crippen molar-refractivity contribution < 1.29 is 9.72 Å². The summed E-state index contributed by atoms with van der Waals surface area (Å²) in [5, 5.41) is 19.3. The maximum absolute atomic E-state index is 11.2. The minimum Gasteiger partial charge on any atom is -0.294 e. The van der Waals surface area contributed by atoms with E-state index in [1.54, 1.807) is 22.6 Å². The predicted molar refractivity (Wildman–Crippen MR) is 60.5 cm³/mol. The third-order valence-corrected chi connectivity index (χ3v) is 2.88. The number of nitriles is 1. The van der Waals surface area contributed by atoms with Crippen LogP contribution >= 0.6 is 22.6 Å². The van der Waals surface area contributed by atoms with Crippen LogP contribution in [0.1, 0.15) is 22.8 Å². The number of carbonyl (C=O) groups is 1. The van der Waals surface area contributed by atoms with Gasteiger partial charge in [0.15, 0.2) is 5.78 Å². The maximum Gasteiger partial charge on any atom is 0.283 e. The highest BCUT2D eigenvalue weighted by atomic mass is 127. The van der Waals surface area contributed by atoms with Gasteiger partial charge in [-0.15, -0.1) is 0 Å². The van der Waals surface area contributed by atoms with E-state index in [2.05, 4.69) is 0 Å². The van der Waals surface area contributed by atoms with Crippen LogP contribution in [-0.4, -0.2) is 10.7 Å². The first kappa shape index (κ1) is 11.6. The first-order valence-corrected chi connectivity index (χ1v) is 4.94. The Kier molecular flexibility index (Phi) is 3.36. The Labute approximate surface area is 99.0 Å². The Morgan fingerprint density at radius 2 is 2.20 bits per heavy atom. The van der Waals surface area contributed by atoms with Crippen LogP contribution in [0.4, 0.5) is 5.69 Å². The van der Waals surface area contributed by atoms with Crippen molar-refractivity contribution in [2.24, 2.45) is 0 Å². The molecular weight excluding hydrogens is 311 g/mol. The monoisotopic (exact) mass is 316 g/mol. The van der Waals surface area contributed by atoms with Crippen LogP contribution in [0, 0.1) is 25.0 Å². The number of Topliss-reactive ketones (excluding diaryl/α,β-unsaturated/α-hetero) is 1. The molecule has 6 heteroatoms. The molecule has 5 nitrogen and oxygen atoms in total. The predicted octanol–water partition coefficient (Wildman–Crippen LogP) is 2.27. The van der Waals surface area contributed by atoms with Crippen LogP contribution in [0.25, 0.3) is 0 Å². The first-order chi connectivity index (χ1) is 6.99. The summed E-state index contributed by atoms with van der Waals surface area (Å²) in [6.07, 6.45) is 0. The molecular formula is C9H5IN2O3. The normalized spacial score (nSPS) is 9.40. The number of ketones is 1. The highest BCUT2D eigenvalue weighted by Crippen LogP contribution is 2.27. The molecule has 0 unspecified atom stereocenters. The molecule has 1 aromatic carbocycles. The average molecular weight is 316 g/mol. The Hall–Kier alpha value is -1.49. The van der Waals surface area contributed by atoms with Gasteiger partial charge in [-0.2, -0.15) is 5.26 Å². The van der Waals surface area contributed by atoms with Crippen molar-refractivity contribution in [3.63, 3.8) is 0 Å². The Bertz CT molecular complexity index is 491. The van der Waals surface area contributed by atoms with Gasteiger partial charge < -0.3 is 0 Å². The summed E-state index contributed by atoms with van der Waals surface area (Å²) in [7, 11) is 0. The smallest absolute Gasteiger partial charge is 0.283 e. The summed E-state index contributed by atoms with van der Waals surface area (Å²) in [5.74, 6) is -0.348. The second-order valence-electron chi connectivity index (χ2n) is 2.75. The lowest BCUT2D eigenvalue weighted by Gasteiger charge is -2.03. The lowest BCUT2D eigenvalue weighted by atomic mass is 10.0. The van der Waals surface area contributed by atoms with E-state index in [4.69, 9.17) is 5.26 Å². The minimum atomic E-state index is -0.574. The van der Waals surface area contributed by atoms with Crippen molar-refractivity contribution in [3.8, 4) is 6.07 Å². The Morgan fingerprint density at radius 1 is 1.60 bits per heavy atom. The van der Waals surface area contributed by atoms with Gasteiger partial charge in [0.2, 0.25) is 0 Å². The summed E-state index contributed by atoms with van der Waals surface area (Å²) >= 11 is 1.71. The van der Waals surface area contributed by atoms with E-state index in [0.717, 1.165) is 0 Å². The van der Waals surface area contributed by atoms with Gasteiger partial charge in [-0.1, -0.05) is 0 Å². The number of benzene rings is 1. The van der Waals surface area contributed by atoms with Crippen LogP contribution in [0.3, 0.4) is 0 Å². The van der Waals surface area contributed by atoms with Crippen molar-refractivity contribution in [3.05, 3.63) is 36.9 Å². The summed E-state index contributed by atoms with van der Waals surface area (Å²) in [6.45, 7) is 1.28. The molecule has 0 bridgehead atoms. The Balaban J connectivity index is 3.58. The third kappa shape index (κ3) is 2.12. The fraction of sp³-hybridized carbons (Fsp3) is 0.111. The van der Waals surface area contributed by atoms with Gasteiger partial charge in [0.1, 0.15) is 3.57 Å². The number of hydrogen-bond donors (Lipinski definition) is 0. The van der Waals surface area contributed by atoms with E-state index < -0.39 is 4.92 Å². The van der Waals surface area contributed by atoms with Crippen molar-refractivity contribution in [2.75, 3.05) is 0 Å². The van der Waals surface area contributed by atoms with E-state index in [-0.39, 0.29) is 26.2 Å². The van der Waals surface area contributed by atoms with Crippen LogP contribution in [0.15, 0.2) is 12.1 Å². The van der Waals surface area contributed by atoms with E-state index in [1.807, 2.05) is 6.07 Å². The van der Waals surface area contributed by atoms with Crippen LogP contribution in [-0.2, 0) is 0 Å². The van der Waals surface area contributed by atoms with Gasteiger partial charge in [-0.3, -0.25) is 14.9 Å². The van der Waals surface area contributed by atoms with Gasteiger partial charge in [0.25, 0.3) is 5.69 Å². The van der Waals surface area contributed by atoms with E-state index in [0.29, 0.717) is 0 Å². The number of nitro benzene ring substituents is 1. The van der Waals surface area contributed by atoms with E-state index in [9.17, 15) is 14.9 Å². The fourth-order valence-corrected chi connectivity index (χ4v) is 2.19. The molecule has 0 amide bonds. The summed E-state index contributed by atoms with van der Waals surface area (Å²) in [4.78, 5) is 21.3. The fourth-order valence-electron chi connectivity index (χ4n) is 1.14. The van der Waals surface area contributed by atoms with Gasteiger partial charge in [0, 0.05) is 6.07 Å². The van der Waals surface area contributed by atoms with Crippen molar-refractivity contribution in [1.82, 2.24) is 0 Å². The van der Waals surface area contributed by atoms with Gasteiger partial charge >= 0.3 is 0 Å². The topological polar surface area (TPSA) is 84.0 Å². The molecule has 0 spiro atoms. The largest absolute Gasteiger partial charge is 0.294 e. The van der Waals surface area contributed by atoms with Crippen LogP contribution in [0.2, 0.25) is 0 Å². The first-order valence-electron chi connectivity index (χ1n) is 3.87. The second kappa shape index (κ2) is 4.35. The number of carbonyl (C=O) groups excluding carboxylic acids is 1. The molecule has 1 rings (SSSR count). The average Bonchev–Trinajstić information content (AvgIpc) is 2.15. The molecule has 0 aromatic heterocycles. The highest BCUT2D eigenvalue weighted by molar-refractivity contribution is 14.1. The molecule has 0 N–H and O–H groups in total. The molecule has 0 fully saturated rings. The molecule has 0 heterocycles. The van der Waals surface area contributed by atoms with Gasteiger partial charge in [-0.25, -0.2) is 0 Å². The SMILES string of the molecule is CC(=O)c1c(C#N)ccc([N+](=O)[O-])c1I. The third-order valence-electron chi connectivity index (χ3n) is 1.79. The number of rotatable bonds is 2. The van der Waals surface area contributed by atoms with Crippen molar-refractivity contribution in [2.45, 2.75) is 6.92 Å². The molecule has 0 saturated heterocycles. The van der Waals surface area contributed by atoms with Gasteiger partial charge in [0.05, 0.1) is 22.1 Å². The summed E-state index contributed by atoms with van der Waals surface area (Å²) in [6, 6.07) is 4.35. The summed E-state index contributed by atoms with van der Waals surface area (Å²) in [5.41, 5.74) is 0.129. The molecule has 0 radical (unpaired) electrons. The maximum atomic E-state index is 11.2. The van der Waals surface area contributed by atoms with E-state index >= 15 is 0 Å².